The molecule has 1 fully saturated rings. The van der Waals surface area contributed by atoms with Crippen LogP contribution in [0.3, 0.4) is 0 Å². The molecule has 0 saturated carbocycles. The number of benzene rings is 1. The second kappa shape index (κ2) is 3.41. The van der Waals surface area contributed by atoms with Crippen molar-refractivity contribution in [3.8, 4) is 0 Å². The highest BCUT2D eigenvalue weighted by molar-refractivity contribution is 5.47. The molecular weight excluding hydrogens is 184 g/mol. The number of hydrogen-bond acceptors (Lipinski definition) is 3. The van der Waals surface area contributed by atoms with Crippen molar-refractivity contribution in [2.24, 2.45) is 5.22 Å². The molecule has 0 aliphatic carbocycles. The Kier molecular flexibility index (Phi) is 2.10. The van der Waals surface area contributed by atoms with Gasteiger partial charge in [-0.2, -0.15) is 4.70 Å². The van der Waals surface area contributed by atoms with Crippen LogP contribution in [-0.4, -0.2) is 22.7 Å². The third-order valence-corrected chi connectivity index (χ3v) is 1.82. The average molecular weight is 193 g/mol. The molecule has 6 heteroatoms. The van der Waals surface area contributed by atoms with Crippen LogP contribution in [0.2, 0.25) is 0 Å². The van der Waals surface area contributed by atoms with E-state index >= 15 is 0 Å². The van der Waals surface area contributed by atoms with Gasteiger partial charge in [-0.05, 0) is 12.1 Å². The molecule has 1 aliphatic heterocycles. The molecule has 0 unspecified atom stereocenters. The highest BCUT2D eigenvalue weighted by atomic mass is 16.6. The summed E-state index contributed by atoms with van der Waals surface area (Å²) in [4.78, 5) is 9.92. The number of nitrogens with zero attached hydrogens (tertiary/aromatic N) is 3. The SMILES string of the molecule is O=[N+]([O-])c1ccc(NN=[N+]2CC2)cc1. The highest BCUT2D eigenvalue weighted by Crippen LogP contribution is 2.15. The largest absolute Gasteiger partial charge is 0.269 e. The van der Waals surface area contributed by atoms with E-state index in [0.717, 1.165) is 18.8 Å². The summed E-state index contributed by atoms with van der Waals surface area (Å²) in [6.45, 7) is 1.94. The van der Waals surface area contributed by atoms with Crippen LogP contribution in [0.1, 0.15) is 0 Å². The van der Waals surface area contributed by atoms with Crippen LogP contribution in [-0.2, 0) is 0 Å². The first-order chi connectivity index (χ1) is 6.75. The van der Waals surface area contributed by atoms with Crippen LogP contribution in [0.15, 0.2) is 29.5 Å². The minimum Gasteiger partial charge on any atom is -0.258 e. The monoisotopic (exact) mass is 193 g/mol. The van der Waals surface area contributed by atoms with Crippen molar-refractivity contribution in [2.75, 3.05) is 18.5 Å². The zero-order chi connectivity index (χ0) is 9.97. The molecule has 0 bridgehead atoms. The van der Waals surface area contributed by atoms with Crippen LogP contribution in [0, 0.1) is 10.1 Å². The maximum Gasteiger partial charge on any atom is 0.269 e. The molecule has 1 N–H and O–H groups in total. The Morgan fingerprint density at radius 1 is 1.36 bits per heavy atom. The van der Waals surface area contributed by atoms with E-state index in [1.54, 1.807) is 12.1 Å². The van der Waals surface area contributed by atoms with Gasteiger partial charge in [0.1, 0.15) is 18.8 Å². The second-order valence-corrected chi connectivity index (χ2v) is 2.97. The van der Waals surface area contributed by atoms with Crippen molar-refractivity contribution in [2.45, 2.75) is 0 Å². The van der Waals surface area contributed by atoms with Gasteiger partial charge >= 0.3 is 0 Å². The number of nitro benzene ring substituents is 1. The standard InChI is InChI=1S/C8H8N4O2/c13-12(14)8-3-1-7(2-4-8)9-10-11-5-6-11/h1-4H,5-6H2/p+1. The first-order valence-electron chi connectivity index (χ1n) is 4.22. The molecule has 1 saturated heterocycles. The van der Waals surface area contributed by atoms with E-state index in [1.807, 2.05) is 4.70 Å². The summed E-state index contributed by atoms with van der Waals surface area (Å²) < 4.78 is 1.85. The van der Waals surface area contributed by atoms with E-state index in [0.29, 0.717) is 0 Å². The van der Waals surface area contributed by atoms with E-state index in [4.69, 9.17) is 0 Å². The van der Waals surface area contributed by atoms with E-state index in [1.165, 1.54) is 12.1 Å². The summed E-state index contributed by atoms with van der Waals surface area (Å²) >= 11 is 0. The number of rotatable bonds is 3. The fraction of sp³-hybridized carbons (Fsp3) is 0.250. The molecule has 72 valence electrons. The third-order valence-electron chi connectivity index (χ3n) is 1.82. The molecule has 0 aromatic heterocycles. The van der Waals surface area contributed by atoms with Gasteiger partial charge < -0.3 is 0 Å². The first-order valence-corrected chi connectivity index (χ1v) is 4.22. The van der Waals surface area contributed by atoms with Crippen molar-refractivity contribution in [1.29, 1.82) is 0 Å². The summed E-state index contributed by atoms with van der Waals surface area (Å²) in [6, 6.07) is 6.15. The van der Waals surface area contributed by atoms with Crippen LogP contribution < -0.4 is 5.43 Å². The molecule has 1 aromatic rings. The van der Waals surface area contributed by atoms with Gasteiger partial charge in [-0.25, -0.2) is 0 Å². The molecule has 14 heavy (non-hydrogen) atoms. The fourth-order valence-corrected chi connectivity index (χ4v) is 0.931. The number of nitro groups is 1. The quantitative estimate of drug-likeness (QED) is 0.341. The van der Waals surface area contributed by atoms with Gasteiger partial charge in [0.05, 0.1) is 10.1 Å². The van der Waals surface area contributed by atoms with Gasteiger partial charge in [-0.15, -0.1) is 5.43 Å². The van der Waals surface area contributed by atoms with Crippen LogP contribution >= 0.6 is 0 Å². The van der Waals surface area contributed by atoms with Crippen molar-refractivity contribution in [3.63, 3.8) is 0 Å². The lowest BCUT2D eigenvalue weighted by atomic mass is 10.3. The van der Waals surface area contributed by atoms with E-state index < -0.39 is 4.92 Å². The van der Waals surface area contributed by atoms with E-state index in [9.17, 15) is 10.1 Å². The lowest BCUT2D eigenvalue weighted by Crippen LogP contribution is -1.91. The number of non-ortho nitro benzene ring substituents is 1. The first kappa shape index (κ1) is 8.61. The van der Waals surface area contributed by atoms with Crippen molar-refractivity contribution < 1.29 is 9.62 Å². The maximum atomic E-state index is 10.3. The van der Waals surface area contributed by atoms with Gasteiger partial charge in [0, 0.05) is 12.1 Å². The fourth-order valence-electron chi connectivity index (χ4n) is 0.931. The summed E-state index contributed by atoms with van der Waals surface area (Å²) in [5.41, 5.74) is 3.64. The smallest absolute Gasteiger partial charge is 0.258 e. The molecular formula is C8H9N4O2+. The second-order valence-electron chi connectivity index (χ2n) is 2.97. The summed E-state index contributed by atoms with van der Waals surface area (Å²) in [7, 11) is 0. The predicted octanol–water partition coefficient (Wildman–Crippen LogP) is 1.40. The minimum atomic E-state index is -0.425. The lowest BCUT2D eigenvalue weighted by molar-refractivity contribution is -0.417. The highest BCUT2D eigenvalue weighted by Gasteiger charge is 2.17. The molecule has 0 radical (unpaired) electrons. The summed E-state index contributed by atoms with van der Waals surface area (Å²) in [6.07, 6.45) is 0. The topological polar surface area (TPSA) is 70.5 Å². The Balaban J connectivity index is 2.05. The van der Waals surface area contributed by atoms with Crippen molar-refractivity contribution in [3.05, 3.63) is 34.4 Å². The van der Waals surface area contributed by atoms with Gasteiger partial charge in [-0.1, -0.05) is 0 Å². The minimum absolute atomic E-state index is 0.0854. The maximum absolute atomic E-state index is 10.3. The normalized spacial score (nSPS) is 13.6. The summed E-state index contributed by atoms with van der Waals surface area (Å²) in [5, 5.41) is 14.3. The molecule has 0 amide bonds. The number of anilines is 1. The third kappa shape index (κ3) is 2.03. The zero-order valence-corrected chi connectivity index (χ0v) is 7.38. The molecule has 0 spiro atoms. The average Bonchev–Trinajstić information content (AvgIpc) is 2.99. The number of nitrogens with one attached hydrogen (secondary N) is 1. The molecule has 0 atom stereocenters. The van der Waals surface area contributed by atoms with Crippen LogP contribution in [0.5, 0.6) is 0 Å². The molecule has 2 rings (SSSR count). The summed E-state index contributed by atoms with van der Waals surface area (Å²) in [5.74, 6) is 0. The van der Waals surface area contributed by atoms with Crippen LogP contribution in [0.25, 0.3) is 0 Å². The zero-order valence-electron chi connectivity index (χ0n) is 7.38. The van der Waals surface area contributed by atoms with Crippen LogP contribution in [0.4, 0.5) is 11.4 Å². The Bertz CT molecular complexity index is 379. The van der Waals surface area contributed by atoms with Gasteiger partial charge in [-0.3, -0.25) is 10.1 Å². The van der Waals surface area contributed by atoms with Gasteiger partial charge in [0.15, 0.2) is 0 Å². The Morgan fingerprint density at radius 3 is 2.50 bits per heavy atom. The molecule has 1 aromatic carbocycles. The molecule has 6 nitrogen and oxygen atoms in total. The molecule has 1 heterocycles. The number of hydrogen-bond donors (Lipinski definition) is 1. The van der Waals surface area contributed by atoms with Crippen molar-refractivity contribution in [1.82, 2.24) is 0 Å². The van der Waals surface area contributed by atoms with Gasteiger partial charge in [0.25, 0.3) is 5.69 Å². The van der Waals surface area contributed by atoms with Gasteiger partial charge in [0.2, 0.25) is 0 Å². The Hall–Kier alpha value is -1.98. The predicted molar refractivity (Wildman–Crippen MR) is 49.1 cm³/mol. The Labute approximate surface area is 80.0 Å². The van der Waals surface area contributed by atoms with Crippen molar-refractivity contribution >= 4 is 11.4 Å². The van der Waals surface area contributed by atoms with E-state index in [-0.39, 0.29) is 5.69 Å². The van der Waals surface area contributed by atoms with E-state index in [2.05, 4.69) is 10.6 Å². The lowest BCUT2D eigenvalue weighted by Gasteiger charge is -1.91. The Morgan fingerprint density at radius 2 is 2.00 bits per heavy atom. The molecule has 1 aliphatic rings.